The molecule has 1 aromatic heterocycles. The van der Waals surface area contributed by atoms with Crippen LogP contribution in [0.25, 0.3) is 0 Å². The third-order valence-electron chi connectivity index (χ3n) is 1.57. The maximum Gasteiger partial charge on any atom is 0.347 e. The topological polar surface area (TPSA) is 68.7 Å². The Morgan fingerprint density at radius 1 is 1.77 bits per heavy atom. The van der Waals surface area contributed by atoms with Crippen LogP contribution in [0, 0.1) is 0 Å². The summed E-state index contributed by atoms with van der Waals surface area (Å²) in [7, 11) is 0. The van der Waals surface area contributed by atoms with Gasteiger partial charge in [0.1, 0.15) is 11.0 Å². The number of nitrogens with zero attached hydrogens (tertiary/aromatic N) is 1. The van der Waals surface area contributed by atoms with E-state index in [1.54, 1.807) is 0 Å². The van der Waals surface area contributed by atoms with Crippen molar-refractivity contribution in [1.29, 1.82) is 0 Å². The van der Waals surface area contributed by atoms with Crippen molar-refractivity contribution in [2.75, 3.05) is 13.2 Å². The summed E-state index contributed by atoms with van der Waals surface area (Å²) in [6, 6.07) is 0. The van der Waals surface area contributed by atoms with Crippen LogP contribution in [-0.4, -0.2) is 35.4 Å². The fourth-order valence-corrected chi connectivity index (χ4v) is 1.51. The third-order valence-corrected chi connectivity index (χ3v) is 2.45. The van der Waals surface area contributed by atoms with Crippen LogP contribution in [0.15, 0.2) is 6.20 Å². The van der Waals surface area contributed by atoms with Crippen LogP contribution in [0.2, 0.25) is 0 Å². The third kappa shape index (κ3) is 1.78. The lowest BCUT2D eigenvalue weighted by Gasteiger charge is -2.25. The smallest absolute Gasteiger partial charge is 0.347 e. The van der Waals surface area contributed by atoms with Crippen molar-refractivity contribution in [2.24, 2.45) is 0 Å². The number of carbonyl (C=O) groups is 1. The number of aromatic nitrogens is 1. The van der Waals surface area contributed by atoms with Crippen LogP contribution in [0.1, 0.15) is 9.67 Å². The molecular weight excluding hydrogens is 194 g/mol. The molecule has 5 nitrogen and oxygen atoms in total. The quantitative estimate of drug-likeness (QED) is 0.776. The Bertz CT molecular complexity index is 320. The highest BCUT2D eigenvalue weighted by Gasteiger charge is 2.22. The predicted molar refractivity (Wildman–Crippen MR) is 44.3 cm³/mol. The second-order valence-corrected chi connectivity index (χ2v) is 3.57. The van der Waals surface area contributed by atoms with Gasteiger partial charge in [-0.3, -0.25) is 0 Å². The molecule has 70 valence electrons. The minimum atomic E-state index is -0.975. The normalized spacial score (nSPS) is 16.6. The molecular formula is C7H7NO4S. The first kappa shape index (κ1) is 8.46. The summed E-state index contributed by atoms with van der Waals surface area (Å²) >= 11 is 1.03. The Kier molecular flexibility index (Phi) is 2.15. The van der Waals surface area contributed by atoms with E-state index >= 15 is 0 Å². The van der Waals surface area contributed by atoms with Gasteiger partial charge in [-0.2, -0.15) is 0 Å². The van der Waals surface area contributed by atoms with Crippen LogP contribution in [0.4, 0.5) is 0 Å². The number of thiazole rings is 1. The lowest BCUT2D eigenvalue weighted by atomic mass is 10.3. The van der Waals surface area contributed by atoms with E-state index in [9.17, 15) is 4.79 Å². The summed E-state index contributed by atoms with van der Waals surface area (Å²) in [6.07, 6.45) is 1.33. The summed E-state index contributed by atoms with van der Waals surface area (Å²) < 4.78 is 10.2. The number of carboxylic acids is 1. The van der Waals surface area contributed by atoms with Crippen molar-refractivity contribution in [1.82, 2.24) is 4.98 Å². The molecule has 0 spiro atoms. The van der Waals surface area contributed by atoms with Gasteiger partial charge in [0.05, 0.1) is 19.4 Å². The number of hydrogen-bond donors (Lipinski definition) is 1. The molecule has 0 bridgehead atoms. The number of carboxylic acid groups (broad SMARTS) is 1. The Balaban J connectivity index is 2.00. The predicted octanol–water partition coefficient (Wildman–Crippen LogP) is 0.619. The van der Waals surface area contributed by atoms with Crippen molar-refractivity contribution in [3.05, 3.63) is 11.1 Å². The van der Waals surface area contributed by atoms with Gasteiger partial charge in [0.25, 0.3) is 5.19 Å². The summed E-state index contributed by atoms with van der Waals surface area (Å²) in [4.78, 5) is 14.5. The number of hydrogen-bond acceptors (Lipinski definition) is 5. The Hall–Kier alpha value is -1.14. The van der Waals surface area contributed by atoms with E-state index in [-0.39, 0.29) is 11.0 Å². The molecule has 0 aliphatic carbocycles. The highest BCUT2D eigenvalue weighted by Crippen LogP contribution is 2.22. The molecule has 2 rings (SSSR count). The molecule has 0 saturated carbocycles. The van der Waals surface area contributed by atoms with Crippen molar-refractivity contribution >= 4 is 17.3 Å². The molecule has 0 radical (unpaired) electrons. The standard InChI is InChI=1S/C7H7NO4S/c9-6(10)5-1-8-7(13-5)12-4-2-11-3-4/h1,4H,2-3H2,(H,9,10). The lowest BCUT2D eigenvalue weighted by molar-refractivity contribution is -0.0797. The second kappa shape index (κ2) is 3.31. The van der Waals surface area contributed by atoms with E-state index < -0.39 is 5.97 Å². The van der Waals surface area contributed by atoms with Gasteiger partial charge >= 0.3 is 5.97 Å². The van der Waals surface area contributed by atoms with E-state index in [2.05, 4.69) is 4.98 Å². The lowest BCUT2D eigenvalue weighted by Crippen LogP contribution is -2.38. The first-order chi connectivity index (χ1) is 6.25. The molecule has 1 aromatic rings. The highest BCUT2D eigenvalue weighted by atomic mass is 32.1. The van der Waals surface area contributed by atoms with Crippen LogP contribution in [0.3, 0.4) is 0 Å². The van der Waals surface area contributed by atoms with E-state index in [0.717, 1.165) is 11.3 Å². The van der Waals surface area contributed by atoms with Gasteiger partial charge in [-0.15, -0.1) is 0 Å². The van der Waals surface area contributed by atoms with Crippen molar-refractivity contribution in [3.63, 3.8) is 0 Å². The molecule has 1 aliphatic rings. The number of aromatic carboxylic acids is 1. The summed E-state index contributed by atoms with van der Waals surface area (Å²) in [5, 5.41) is 8.99. The first-order valence-corrected chi connectivity index (χ1v) is 4.51. The molecule has 0 aromatic carbocycles. The zero-order chi connectivity index (χ0) is 9.26. The molecule has 0 unspecified atom stereocenters. The number of rotatable bonds is 3. The van der Waals surface area contributed by atoms with Gasteiger partial charge < -0.3 is 14.6 Å². The Morgan fingerprint density at radius 2 is 2.54 bits per heavy atom. The van der Waals surface area contributed by atoms with E-state index in [1.807, 2.05) is 0 Å². The number of ether oxygens (including phenoxy) is 2. The van der Waals surface area contributed by atoms with E-state index in [4.69, 9.17) is 14.6 Å². The second-order valence-electron chi connectivity index (χ2n) is 2.57. The van der Waals surface area contributed by atoms with Crippen molar-refractivity contribution in [2.45, 2.75) is 6.10 Å². The van der Waals surface area contributed by atoms with Gasteiger partial charge in [0.15, 0.2) is 0 Å². The molecule has 13 heavy (non-hydrogen) atoms. The van der Waals surface area contributed by atoms with Gasteiger partial charge in [-0.1, -0.05) is 11.3 Å². The van der Waals surface area contributed by atoms with Crippen LogP contribution in [0.5, 0.6) is 5.19 Å². The van der Waals surface area contributed by atoms with Gasteiger partial charge in [-0.25, -0.2) is 9.78 Å². The van der Waals surface area contributed by atoms with Crippen LogP contribution in [-0.2, 0) is 4.74 Å². The minimum absolute atomic E-state index is 0.0350. The average Bonchev–Trinajstić information content (AvgIpc) is 2.44. The molecule has 1 saturated heterocycles. The molecule has 1 aliphatic heterocycles. The SMILES string of the molecule is O=C(O)c1cnc(OC2COC2)s1. The molecule has 2 heterocycles. The largest absolute Gasteiger partial charge is 0.477 e. The van der Waals surface area contributed by atoms with Gasteiger partial charge in [0.2, 0.25) is 0 Å². The summed E-state index contributed by atoms with van der Waals surface area (Å²) in [6.45, 7) is 1.12. The monoisotopic (exact) mass is 201 g/mol. The maximum atomic E-state index is 10.5. The van der Waals surface area contributed by atoms with Gasteiger partial charge in [-0.05, 0) is 0 Å². The molecule has 6 heteroatoms. The summed E-state index contributed by atoms with van der Waals surface area (Å²) in [5.74, 6) is -0.975. The van der Waals surface area contributed by atoms with Crippen LogP contribution < -0.4 is 4.74 Å². The minimum Gasteiger partial charge on any atom is -0.477 e. The zero-order valence-electron chi connectivity index (χ0n) is 6.60. The first-order valence-electron chi connectivity index (χ1n) is 3.69. The fourth-order valence-electron chi connectivity index (χ4n) is 0.836. The van der Waals surface area contributed by atoms with Crippen LogP contribution >= 0.6 is 11.3 Å². The molecule has 0 amide bonds. The maximum absolute atomic E-state index is 10.5. The van der Waals surface area contributed by atoms with Crippen molar-refractivity contribution in [3.8, 4) is 5.19 Å². The molecule has 1 fully saturated rings. The van der Waals surface area contributed by atoms with Gasteiger partial charge in [0, 0.05) is 0 Å². The van der Waals surface area contributed by atoms with E-state index in [1.165, 1.54) is 6.20 Å². The Labute approximate surface area is 77.9 Å². The fraction of sp³-hybridized carbons (Fsp3) is 0.429. The van der Waals surface area contributed by atoms with E-state index in [0.29, 0.717) is 18.4 Å². The molecule has 1 N–H and O–H groups in total. The molecule has 0 atom stereocenters. The highest BCUT2D eigenvalue weighted by molar-refractivity contribution is 7.15. The van der Waals surface area contributed by atoms with Crippen molar-refractivity contribution < 1.29 is 19.4 Å². The Morgan fingerprint density at radius 3 is 3.00 bits per heavy atom. The average molecular weight is 201 g/mol. The summed E-state index contributed by atoms with van der Waals surface area (Å²) in [5.41, 5.74) is 0. The zero-order valence-corrected chi connectivity index (χ0v) is 7.41.